The summed E-state index contributed by atoms with van der Waals surface area (Å²) in [6.07, 6.45) is 3.44. The normalized spacial score (nSPS) is 11.4. The van der Waals surface area contributed by atoms with Gasteiger partial charge in [-0.25, -0.2) is 13.4 Å². The summed E-state index contributed by atoms with van der Waals surface area (Å²) in [6, 6.07) is 11.2. The van der Waals surface area contributed by atoms with Crippen molar-refractivity contribution in [2.45, 2.75) is 19.6 Å². The maximum Gasteiger partial charge on any atom is 0.238 e. The van der Waals surface area contributed by atoms with E-state index >= 15 is 0 Å². The Kier molecular flexibility index (Phi) is 4.64. The lowest BCUT2D eigenvalue weighted by molar-refractivity contribution is 0.600. The van der Waals surface area contributed by atoms with Gasteiger partial charge in [0.15, 0.2) is 5.13 Å². The SMILES string of the molecule is Cc1ccc(CS(=O)(=O)Nc2nc(C)c(-c3cccnc3)s2)cc1. The molecule has 0 saturated heterocycles. The highest BCUT2D eigenvalue weighted by Gasteiger charge is 2.16. The Morgan fingerprint density at radius 3 is 2.54 bits per heavy atom. The van der Waals surface area contributed by atoms with Crippen molar-refractivity contribution in [2.75, 3.05) is 4.72 Å². The Hall–Kier alpha value is -2.25. The maximum atomic E-state index is 12.4. The molecule has 0 radical (unpaired) electrons. The van der Waals surface area contributed by atoms with Crippen LogP contribution in [-0.2, 0) is 15.8 Å². The number of hydrogen-bond donors (Lipinski definition) is 1. The van der Waals surface area contributed by atoms with Gasteiger partial charge in [-0.05, 0) is 25.5 Å². The first-order valence-corrected chi connectivity index (χ1v) is 9.84. The molecule has 0 aliphatic carbocycles. The van der Waals surface area contributed by atoms with Gasteiger partial charge in [0.05, 0.1) is 16.3 Å². The second kappa shape index (κ2) is 6.70. The molecule has 1 N–H and O–H groups in total. The van der Waals surface area contributed by atoms with Crippen molar-refractivity contribution in [3.63, 3.8) is 0 Å². The highest BCUT2D eigenvalue weighted by molar-refractivity contribution is 7.92. The summed E-state index contributed by atoms with van der Waals surface area (Å²) >= 11 is 1.31. The molecule has 0 aliphatic rings. The maximum absolute atomic E-state index is 12.4. The first-order valence-electron chi connectivity index (χ1n) is 7.37. The third-order valence-electron chi connectivity index (χ3n) is 3.44. The predicted molar refractivity (Wildman–Crippen MR) is 97.5 cm³/mol. The average Bonchev–Trinajstić information content (AvgIpc) is 2.90. The fraction of sp³-hybridized carbons (Fsp3) is 0.176. The van der Waals surface area contributed by atoms with Crippen LogP contribution in [0.3, 0.4) is 0 Å². The molecule has 7 heteroatoms. The predicted octanol–water partition coefficient (Wildman–Crippen LogP) is 3.76. The van der Waals surface area contributed by atoms with Crippen LogP contribution in [0.2, 0.25) is 0 Å². The molecule has 0 spiro atoms. The molecule has 124 valence electrons. The smallest absolute Gasteiger partial charge is 0.238 e. The van der Waals surface area contributed by atoms with Gasteiger partial charge in [-0.2, -0.15) is 0 Å². The third-order valence-corrected chi connectivity index (χ3v) is 5.91. The van der Waals surface area contributed by atoms with E-state index in [-0.39, 0.29) is 5.75 Å². The highest BCUT2D eigenvalue weighted by atomic mass is 32.2. The second-order valence-corrected chi connectivity index (χ2v) is 8.24. The molecule has 5 nitrogen and oxygen atoms in total. The van der Waals surface area contributed by atoms with E-state index in [1.807, 2.05) is 50.2 Å². The molecule has 0 fully saturated rings. The molecule has 2 aromatic heterocycles. The topological polar surface area (TPSA) is 72.0 Å². The van der Waals surface area contributed by atoms with E-state index in [1.165, 1.54) is 11.3 Å². The van der Waals surface area contributed by atoms with Gasteiger partial charge in [-0.15, -0.1) is 0 Å². The van der Waals surface area contributed by atoms with Crippen LogP contribution in [0.15, 0.2) is 48.8 Å². The van der Waals surface area contributed by atoms with Crippen molar-refractivity contribution < 1.29 is 8.42 Å². The molecule has 3 aromatic rings. The summed E-state index contributed by atoms with van der Waals surface area (Å²) in [7, 11) is -3.50. The zero-order valence-electron chi connectivity index (χ0n) is 13.4. The minimum atomic E-state index is -3.50. The van der Waals surface area contributed by atoms with Crippen LogP contribution in [0.4, 0.5) is 5.13 Å². The summed E-state index contributed by atoms with van der Waals surface area (Å²) in [4.78, 5) is 9.33. The fourth-order valence-corrected chi connectivity index (χ4v) is 4.65. The second-order valence-electron chi connectivity index (χ2n) is 5.52. The lowest BCUT2D eigenvalue weighted by Crippen LogP contribution is -2.14. The van der Waals surface area contributed by atoms with Crippen molar-refractivity contribution in [3.8, 4) is 10.4 Å². The van der Waals surface area contributed by atoms with Crippen molar-refractivity contribution in [1.82, 2.24) is 9.97 Å². The van der Waals surface area contributed by atoms with Gasteiger partial charge in [-0.3, -0.25) is 9.71 Å². The molecule has 0 saturated carbocycles. The first-order chi connectivity index (χ1) is 11.4. The van der Waals surface area contributed by atoms with Crippen LogP contribution in [-0.4, -0.2) is 18.4 Å². The summed E-state index contributed by atoms with van der Waals surface area (Å²) in [5.41, 5.74) is 3.55. The molecule has 0 bridgehead atoms. The van der Waals surface area contributed by atoms with Gasteiger partial charge in [0, 0.05) is 18.0 Å². The molecule has 1 aromatic carbocycles. The van der Waals surface area contributed by atoms with Gasteiger partial charge in [0.25, 0.3) is 0 Å². The minimum Gasteiger partial charge on any atom is -0.264 e. The largest absolute Gasteiger partial charge is 0.264 e. The lowest BCUT2D eigenvalue weighted by Gasteiger charge is -2.05. The highest BCUT2D eigenvalue weighted by Crippen LogP contribution is 2.32. The Morgan fingerprint density at radius 2 is 1.88 bits per heavy atom. The minimum absolute atomic E-state index is 0.0753. The van der Waals surface area contributed by atoms with E-state index in [4.69, 9.17) is 0 Å². The Labute approximate surface area is 145 Å². The Balaban J connectivity index is 1.79. The Morgan fingerprint density at radius 1 is 1.12 bits per heavy atom. The zero-order valence-corrected chi connectivity index (χ0v) is 15.0. The van der Waals surface area contributed by atoms with E-state index in [9.17, 15) is 8.42 Å². The quantitative estimate of drug-likeness (QED) is 0.753. The molecule has 2 heterocycles. The van der Waals surface area contributed by atoms with Gasteiger partial charge in [0.1, 0.15) is 0 Å². The fourth-order valence-electron chi connectivity index (χ4n) is 2.28. The van der Waals surface area contributed by atoms with Gasteiger partial charge >= 0.3 is 0 Å². The van der Waals surface area contributed by atoms with Crippen molar-refractivity contribution >= 4 is 26.5 Å². The lowest BCUT2D eigenvalue weighted by atomic mass is 10.2. The van der Waals surface area contributed by atoms with Gasteiger partial charge < -0.3 is 0 Å². The molecular weight excluding hydrogens is 342 g/mol. The molecule has 0 amide bonds. The van der Waals surface area contributed by atoms with E-state index in [1.54, 1.807) is 12.4 Å². The molecule has 0 unspecified atom stereocenters. The molecular formula is C17H17N3O2S2. The zero-order chi connectivity index (χ0) is 17.2. The van der Waals surface area contributed by atoms with Crippen molar-refractivity contribution in [3.05, 3.63) is 65.6 Å². The summed E-state index contributed by atoms with van der Waals surface area (Å²) in [6.45, 7) is 3.82. The van der Waals surface area contributed by atoms with Crippen LogP contribution in [0.1, 0.15) is 16.8 Å². The Bertz CT molecular complexity index is 934. The van der Waals surface area contributed by atoms with Crippen molar-refractivity contribution in [2.24, 2.45) is 0 Å². The van der Waals surface area contributed by atoms with E-state index in [2.05, 4.69) is 14.7 Å². The first kappa shape index (κ1) is 16.6. The number of benzene rings is 1. The summed E-state index contributed by atoms with van der Waals surface area (Å²) < 4.78 is 27.3. The number of nitrogens with one attached hydrogen (secondary N) is 1. The summed E-state index contributed by atoms with van der Waals surface area (Å²) in [5.74, 6) is -0.0753. The number of aromatic nitrogens is 2. The average molecular weight is 359 g/mol. The standard InChI is InChI=1S/C17H17N3O2S2/c1-12-5-7-14(8-6-12)11-24(21,22)20-17-19-13(2)16(23-17)15-4-3-9-18-10-15/h3-10H,11H2,1-2H3,(H,19,20). The van der Waals surface area contributed by atoms with Crippen LogP contribution in [0.25, 0.3) is 10.4 Å². The number of hydrogen-bond acceptors (Lipinski definition) is 5. The number of sulfonamides is 1. The number of pyridine rings is 1. The molecule has 3 rings (SSSR count). The number of rotatable bonds is 5. The van der Waals surface area contributed by atoms with Gasteiger partial charge in [0.2, 0.25) is 10.0 Å². The van der Waals surface area contributed by atoms with Crippen LogP contribution in [0.5, 0.6) is 0 Å². The van der Waals surface area contributed by atoms with Crippen LogP contribution >= 0.6 is 11.3 Å². The van der Waals surface area contributed by atoms with E-state index < -0.39 is 10.0 Å². The number of anilines is 1. The molecule has 24 heavy (non-hydrogen) atoms. The van der Waals surface area contributed by atoms with E-state index in [0.29, 0.717) is 5.13 Å². The van der Waals surface area contributed by atoms with Crippen LogP contribution in [0, 0.1) is 13.8 Å². The number of thiazole rings is 1. The summed E-state index contributed by atoms with van der Waals surface area (Å²) in [5, 5.41) is 0.374. The van der Waals surface area contributed by atoms with Gasteiger partial charge in [-0.1, -0.05) is 47.2 Å². The van der Waals surface area contributed by atoms with Crippen molar-refractivity contribution in [1.29, 1.82) is 0 Å². The monoisotopic (exact) mass is 359 g/mol. The third kappa shape index (κ3) is 3.98. The molecule has 0 atom stereocenters. The number of aryl methyl sites for hydroxylation is 2. The van der Waals surface area contributed by atoms with Crippen LogP contribution < -0.4 is 4.72 Å². The van der Waals surface area contributed by atoms with E-state index in [0.717, 1.165) is 27.3 Å². The number of nitrogens with zero attached hydrogens (tertiary/aromatic N) is 2. The molecule has 0 aliphatic heterocycles.